The topological polar surface area (TPSA) is 134 Å². The number of carboxylic acids is 1. The van der Waals surface area contributed by atoms with Gasteiger partial charge in [-0.3, -0.25) is 14.9 Å². The number of amides is 4. The number of hydrogen-bond acceptors (Lipinski definition) is 5. The van der Waals surface area contributed by atoms with Crippen LogP contribution in [0.4, 0.5) is 4.79 Å². The van der Waals surface area contributed by atoms with Gasteiger partial charge in [-0.15, -0.1) is 0 Å². The maximum absolute atomic E-state index is 11.7. The normalized spacial score (nSPS) is 28.9. The molecule has 0 radical (unpaired) electrons. The Kier molecular flexibility index (Phi) is 4.73. The molecule has 0 saturated carbocycles. The molecule has 2 fully saturated rings. The lowest BCUT2D eigenvalue weighted by Gasteiger charge is -2.22. The molecule has 9 heteroatoms. The molecule has 21 heavy (non-hydrogen) atoms. The number of imide groups is 1. The molecule has 2 aliphatic heterocycles. The van der Waals surface area contributed by atoms with Crippen LogP contribution in [0.1, 0.15) is 25.7 Å². The Bertz CT molecular complexity index is 466. The van der Waals surface area contributed by atoms with Crippen LogP contribution in [-0.2, 0) is 19.1 Å². The Morgan fingerprint density at radius 1 is 1.29 bits per heavy atom. The van der Waals surface area contributed by atoms with Gasteiger partial charge in [-0.2, -0.15) is 0 Å². The van der Waals surface area contributed by atoms with Gasteiger partial charge in [0, 0.05) is 13.0 Å². The van der Waals surface area contributed by atoms with E-state index in [1.165, 1.54) is 0 Å². The fraction of sp³-hybridized carbons (Fsp3) is 0.667. The van der Waals surface area contributed by atoms with E-state index in [0.29, 0.717) is 12.8 Å². The van der Waals surface area contributed by atoms with E-state index in [4.69, 9.17) is 9.84 Å². The number of carboxylic acid groups (broad SMARTS) is 1. The number of aliphatic carboxylic acids is 1. The summed E-state index contributed by atoms with van der Waals surface area (Å²) in [5.41, 5.74) is 0. The maximum atomic E-state index is 11.7. The van der Waals surface area contributed by atoms with E-state index < -0.39 is 30.1 Å². The van der Waals surface area contributed by atoms with Gasteiger partial charge in [0.1, 0.15) is 6.04 Å². The van der Waals surface area contributed by atoms with Crippen molar-refractivity contribution < 1.29 is 29.0 Å². The van der Waals surface area contributed by atoms with Crippen LogP contribution in [0.15, 0.2) is 0 Å². The minimum absolute atomic E-state index is 0.170. The lowest BCUT2D eigenvalue weighted by atomic mass is 10.1. The van der Waals surface area contributed by atoms with Gasteiger partial charge in [0.15, 0.2) is 6.10 Å². The third-order valence-electron chi connectivity index (χ3n) is 3.42. The van der Waals surface area contributed by atoms with Crippen LogP contribution in [0.5, 0.6) is 0 Å². The summed E-state index contributed by atoms with van der Waals surface area (Å²) in [6, 6.07) is -1.29. The number of hydrogen-bond donors (Lipinski definition) is 4. The summed E-state index contributed by atoms with van der Waals surface area (Å²) in [5, 5.41) is 15.9. The maximum Gasteiger partial charge on any atom is 0.332 e. The molecular weight excluding hydrogens is 282 g/mol. The van der Waals surface area contributed by atoms with Gasteiger partial charge < -0.3 is 20.5 Å². The van der Waals surface area contributed by atoms with Crippen LogP contribution in [0.2, 0.25) is 0 Å². The molecule has 0 aliphatic carbocycles. The fourth-order valence-electron chi connectivity index (χ4n) is 2.28. The minimum Gasteiger partial charge on any atom is -0.479 e. The van der Waals surface area contributed by atoms with E-state index in [1.54, 1.807) is 0 Å². The van der Waals surface area contributed by atoms with Crippen LogP contribution < -0.4 is 16.0 Å². The number of ether oxygens (including phenoxy) is 1. The first-order valence-electron chi connectivity index (χ1n) is 6.72. The molecule has 3 unspecified atom stereocenters. The standard InChI is InChI=1S/C12H17N3O6/c16-9-4-2-7(10(17)15-9)14-12(20)13-5-6-1-3-8(21-6)11(18)19/h6-8H,1-5H2,(H,18,19)(H2,13,14,20)(H,15,16,17). The smallest absolute Gasteiger partial charge is 0.332 e. The molecule has 116 valence electrons. The molecule has 4 N–H and O–H groups in total. The Balaban J connectivity index is 1.69. The molecule has 2 saturated heterocycles. The highest BCUT2D eigenvalue weighted by molar-refractivity contribution is 6.01. The zero-order valence-electron chi connectivity index (χ0n) is 11.3. The van der Waals surface area contributed by atoms with Crippen molar-refractivity contribution in [3.63, 3.8) is 0 Å². The van der Waals surface area contributed by atoms with Gasteiger partial charge in [-0.05, 0) is 19.3 Å². The van der Waals surface area contributed by atoms with Gasteiger partial charge in [-0.1, -0.05) is 0 Å². The number of rotatable bonds is 4. The molecule has 2 heterocycles. The first-order chi connectivity index (χ1) is 9.95. The summed E-state index contributed by atoms with van der Waals surface area (Å²) in [5.74, 6) is -1.88. The van der Waals surface area contributed by atoms with E-state index in [1.807, 2.05) is 0 Å². The summed E-state index contributed by atoms with van der Waals surface area (Å²) in [6.07, 6.45) is 0.238. The Hall–Kier alpha value is -2.16. The summed E-state index contributed by atoms with van der Waals surface area (Å²) in [7, 11) is 0. The predicted molar refractivity (Wildman–Crippen MR) is 68.2 cm³/mol. The zero-order valence-corrected chi connectivity index (χ0v) is 11.3. The number of piperidine rings is 1. The monoisotopic (exact) mass is 299 g/mol. The molecule has 0 bridgehead atoms. The van der Waals surface area contributed by atoms with Crippen LogP contribution in [0.25, 0.3) is 0 Å². The number of carbonyl (C=O) groups is 4. The number of nitrogens with one attached hydrogen (secondary N) is 3. The summed E-state index contributed by atoms with van der Waals surface area (Å²) in [4.78, 5) is 44.8. The highest BCUT2D eigenvalue weighted by atomic mass is 16.5. The molecule has 0 spiro atoms. The Morgan fingerprint density at radius 2 is 2.05 bits per heavy atom. The van der Waals surface area contributed by atoms with E-state index in [9.17, 15) is 19.2 Å². The second kappa shape index (κ2) is 6.53. The first-order valence-corrected chi connectivity index (χ1v) is 6.72. The van der Waals surface area contributed by atoms with Crippen LogP contribution in [-0.4, -0.2) is 53.7 Å². The zero-order chi connectivity index (χ0) is 15.4. The van der Waals surface area contributed by atoms with Crippen molar-refractivity contribution in [3.8, 4) is 0 Å². The third-order valence-corrected chi connectivity index (χ3v) is 3.42. The number of urea groups is 1. The summed E-state index contributed by atoms with van der Waals surface area (Å²) in [6.45, 7) is 0.170. The van der Waals surface area contributed by atoms with E-state index in [0.717, 1.165) is 0 Å². The van der Waals surface area contributed by atoms with Crippen molar-refractivity contribution in [1.29, 1.82) is 0 Å². The van der Waals surface area contributed by atoms with Crippen molar-refractivity contribution in [2.75, 3.05) is 6.54 Å². The van der Waals surface area contributed by atoms with Crippen molar-refractivity contribution in [2.24, 2.45) is 0 Å². The molecule has 2 aliphatic rings. The average molecular weight is 299 g/mol. The van der Waals surface area contributed by atoms with E-state index in [2.05, 4.69) is 16.0 Å². The van der Waals surface area contributed by atoms with E-state index in [-0.39, 0.29) is 31.4 Å². The van der Waals surface area contributed by atoms with Gasteiger partial charge in [0.2, 0.25) is 11.8 Å². The van der Waals surface area contributed by atoms with Crippen LogP contribution in [0, 0.1) is 0 Å². The lowest BCUT2D eigenvalue weighted by Crippen LogP contribution is -2.54. The molecule has 0 aromatic carbocycles. The molecule has 2 rings (SSSR count). The second-order valence-electron chi connectivity index (χ2n) is 5.02. The predicted octanol–water partition coefficient (Wildman–Crippen LogP) is -1.28. The molecule has 0 aromatic rings. The van der Waals surface area contributed by atoms with Crippen molar-refractivity contribution in [2.45, 2.75) is 43.9 Å². The molecular formula is C12H17N3O6. The van der Waals surface area contributed by atoms with Gasteiger partial charge in [0.25, 0.3) is 0 Å². The minimum atomic E-state index is -1.01. The highest BCUT2D eigenvalue weighted by Gasteiger charge is 2.31. The first kappa shape index (κ1) is 15.2. The van der Waals surface area contributed by atoms with Crippen molar-refractivity contribution >= 4 is 23.8 Å². The quantitative estimate of drug-likeness (QED) is 0.478. The third kappa shape index (κ3) is 4.15. The van der Waals surface area contributed by atoms with Crippen molar-refractivity contribution in [3.05, 3.63) is 0 Å². The van der Waals surface area contributed by atoms with Gasteiger partial charge in [0.05, 0.1) is 6.10 Å². The Labute approximate surface area is 120 Å². The molecule has 4 amide bonds. The largest absolute Gasteiger partial charge is 0.479 e. The molecule has 0 aromatic heterocycles. The molecule has 3 atom stereocenters. The lowest BCUT2D eigenvalue weighted by molar-refractivity contribution is -0.149. The van der Waals surface area contributed by atoms with Gasteiger partial charge in [-0.25, -0.2) is 9.59 Å². The summed E-state index contributed by atoms with van der Waals surface area (Å²) >= 11 is 0. The summed E-state index contributed by atoms with van der Waals surface area (Å²) < 4.78 is 5.23. The van der Waals surface area contributed by atoms with Crippen LogP contribution >= 0.6 is 0 Å². The van der Waals surface area contributed by atoms with Gasteiger partial charge >= 0.3 is 12.0 Å². The fourth-order valence-corrected chi connectivity index (χ4v) is 2.28. The van der Waals surface area contributed by atoms with Crippen LogP contribution in [0.3, 0.4) is 0 Å². The SMILES string of the molecule is O=C1CCC(NC(=O)NCC2CCC(C(=O)O)O2)C(=O)N1. The highest BCUT2D eigenvalue weighted by Crippen LogP contribution is 2.19. The Morgan fingerprint density at radius 3 is 2.67 bits per heavy atom. The second-order valence-corrected chi connectivity index (χ2v) is 5.02. The molecule has 9 nitrogen and oxygen atoms in total. The van der Waals surface area contributed by atoms with Crippen molar-refractivity contribution in [1.82, 2.24) is 16.0 Å². The number of carbonyl (C=O) groups excluding carboxylic acids is 3. The van der Waals surface area contributed by atoms with E-state index >= 15 is 0 Å². The average Bonchev–Trinajstić information content (AvgIpc) is 2.89.